The first-order valence-electron chi connectivity index (χ1n) is 6.63. The van der Waals surface area contributed by atoms with Gasteiger partial charge in [-0.3, -0.25) is 4.79 Å². The second-order valence-corrected chi connectivity index (χ2v) is 4.80. The first-order valence-corrected chi connectivity index (χ1v) is 6.63. The number of benzene rings is 2. The number of rotatable bonds is 2. The molecule has 0 saturated carbocycles. The Bertz CT molecular complexity index is 655. The van der Waals surface area contributed by atoms with Crippen molar-refractivity contribution < 1.29 is 9.18 Å². The number of halogens is 1. The molecule has 0 bridgehead atoms. The lowest BCUT2D eigenvalue weighted by molar-refractivity contribution is 0.102. The maximum atomic E-state index is 13.6. The van der Waals surface area contributed by atoms with Crippen molar-refractivity contribution in [3.8, 4) is 0 Å². The molecule has 20 heavy (non-hydrogen) atoms. The van der Waals surface area contributed by atoms with Gasteiger partial charge in [0, 0.05) is 12.1 Å². The quantitative estimate of drug-likeness (QED) is 0.881. The predicted molar refractivity (Wildman–Crippen MR) is 76.2 cm³/mol. The summed E-state index contributed by atoms with van der Waals surface area (Å²) in [4.78, 5) is 12.3. The van der Waals surface area contributed by atoms with E-state index in [2.05, 4.69) is 10.6 Å². The topological polar surface area (TPSA) is 41.1 Å². The lowest BCUT2D eigenvalue weighted by atomic mass is 9.95. The first kappa shape index (κ1) is 12.8. The van der Waals surface area contributed by atoms with E-state index in [0.717, 1.165) is 18.5 Å². The van der Waals surface area contributed by atoms with Gasteiger partial charge in [0.2, 0.25) is 0 Å². The molecule has 1 aliphatic heterocycles. The van der Waals surface area contributed by atoms with Gasteiger partial charge in [-0.25, -0.2) is 4.39 Å². The van der Waals surface area contributed by atoms with Gasteiger partial charge < -0.3 is 10.6 Å². The van der Waals surface area contributed by atoms with Crippen molar-refractivity contribution in [2.75, 3.05) is 11.9 Å². The summed E-state index contributed by atoms with van der Waals surface area (Å²) < 4.78 is 13.6. The Labute approximate surface area is 116 Å². The summed E-state index contributed by atoms with van der Waals surface area (Å²) in [5, 5.41) is 5.89. The minimum absolute atomic E-state index is 0.207. The molecule has 0 spiro atoms. The lowest BCUT2D eigenvalue weighted by Gasteiger charge is -2.20. The van der Waals surface area contributed by atoms with E-state index in [1.807, 2.05) is 12.1 Å². The molecule has 3 nitrogen and oxygen atoms in total. The number of anilines is 1. The summed E-state index contributed by atoms with van der Waals surface area (Å²) >= 11 is 0. The average Bonchev–Trinajstić information content (AvgIpc) is 2.49. The van der Waals surface area contributed by atoms with Gasteiger partial charge in [0.25, 0.3) is 5.91 Å². The van der Waals surface area contributed by atoms with E-state index in [0.29, 0.717) is 12.1 Å². The van der Waals surface area contributed by atoms with Crippen molar-refractivity contribution in [1.82, 2.24) is 5.32 Å². The first-order chi connectivity index (χ1) is 9.75. The summed E-state index contributed by atoms with van der Waals surface area (Å²) in [5.41, 5.74) is 3.01. The van der Waals surface area contributed by atoms with Gasteiger partial charge in [-0.05, 0) is 42.3 Å². The van der Waals surface area contributed by atoms with Crippen LogP contribution in [0.5, 0.6) is 0 Å². The van der Waals surface area contributed by atoms with E-state index in [9.17, 15) is 9.18 Å². The Morgan fingerprint density at radius 2 is 2.00 bits per heavy atom. The van der Waals surface area contributed by atoms with Crippen LogP contribution in [0.4, 0.5) is 10.1 Å². The SMILES string of the molecule is O=C(Nc1ccccc1F)c1cccc2c1CNCC2. The van der Waals surface area contributed by atoms with Gasteiger partial charge in [0.1, 0.15) is 5.82 Å². The highest BCUT2D eigenvalue weighted by molar-refractivity contribution is 6.05. The van der Waals surface area contributed by atoms with Gasteiger partial charge in [-0.1, -0.05) is 24.3 Å². The van der Waals surface area contributed by atoms with Crippen molar-refractivity contribution in [1.29, 1.82) is 0 Å². The van der Waals surface area contributed by atoms with Crippen molar-refractivity contribution in [2.24, 2.45) is 0 Å². The third-order valence-electron chi connectivity index (χ3n) is 3.51. The number of carbonyl (C=O) groups excluding carboxylic acids is 1. The van der Waals surface area contributed by atoms with Gasteiger partial charge >= 0.3 is 0 Å². The van der Waals surface area contributed by atoms with Gasteiger partial charge in [0.05, 0.1) is 5.69 Å². The minimum atomic E-state index is -0.427. The van der Waals surface area contributed by atoms with Crippen LogP contribution in [-0.2, 0) is 13.0 Å². The second kappa shape index (κ2) is 5.43. The fraction of sp³-hybridized carbons (Fsp3) is 0.188. The van der Waals surface area contributed by atoms with Gasteiger partial charge in [-0.2, -0.15) is 0 Å². The molecule has 2 N–H and O–H groups in total. The smallest absolute Gasteiger partial charge is 0.256 e. The highest BCUT2D eigenvalue weighted by Gasteiger charge is 2.17. The van der Waals surface area contributed by atoms with Crippen LogP contribution < -0.4 is 10.6 Å². The number of amides is 1. The molecule has 102 valence electrons. The molecule has 1 heterocycles. The number of carbonyl (C=O) groups is 1. The van der Waals surface area contributed by atoms with Crippen molar-refractivity contribution in [3.63, 3.8) is 0 Å². The second-order valence-electron chi connectivity index (χ2n) is 4.80. The van der Waals surface area contributed by atoms with Crippen molar-refractivity contribution in [3.05, 3.63) is 65.0 Å². The maximum absolute atomic E-state index is 13.6. The molecular weight excluding hydrogens is 255 g/mol. The number of hydrogen-bond acceptors (Lipinski definition) is 2. The summed E-state index contributed by atoms with van der Waals surface area (Å²) in [6, 6.07) is 11.9. The zero-order valence-corrected chi connectivity index (χ0v) is 10.9. The Morgan fingerprint density at radius 3 is 2.85 bits per heavy atom. The van der Waals surface area contributed by atoms with Crippen LogP contribution in [0.3, 0.4) is 0 Å². The molecule has 0 aliphatic carbocycles. The summed E-state index contributed by atoms with van der Waals surface area (Å²) in [7, 11) is 0. The zero-order chi connectivity index (χ0) is 13.9. The maximum Gasteiger partial charge on any atom is 0.256 e. The summed E-state index contributed by atoms with van der Waals surface area (Å²) in [5.74, 6) is -0.695. The number of nitrogens with one attached hydrogen (secondary N) is 2. The summed E-state index contributed by atoms with van der Waals surface area (Å²) in [6.45, 7) is 1.60. The summed E-state index contributed by atoms with van der Waals surface area (Å²) in [6.07, 6.45) is 0.913. The van der Waals surface area contributed by atoms with Crippen LogP contribution in [0.1, 0.15) is 21.5 Å². The predicted octanol–water partition coefficient (Wildman–Crippen LogP) is 2.72. The normalized spacial score (nSPS) is 13.7. The molecule has 0 aromatic heterocycles. The number of para-hydroxylation sites is 1. The Morgan fingerprint density at radius 1 is 1.15 bits per heavy atom. The van der Waals surface area contributed by atoms with Gasteiger partial charge in [0.15, 0.2) is 0 Å². The largest absolute Gasteiger partial charge is 0.319 e. The minimum Gasteiger partial charge on any atom is -0.319 e. The van der Waals surface area contributed by atoms with E-state index in [-0.39, 0.29) is 11.6 Å². The number of fused-ring (bicyclic) bond motifs is 1. The van der Waals surface area contributed by atoms with Crippen LogP contribution in [0.2, 0.25) is 0 Å². The van der Waals surface area contributed by atoms with Crippen molar-refractivity contribution >= 4 is 11.6 Å². The zero-order valence-electron chi connectivity index (χ0n) is 10.9. The van der Waals surface area contributed by atoms with E-state index < -0.39 is 5.82 Å². The number of hydrogen-bond donors (Lipinski definition) is 2. The van der Waals surface area contributed by atoms with E-state index >= 15 is 0 Å². The third-order valence-corrected chi connectivity index (χ3v) is 3.51. The molecule has 1 aliphatic rings. The van der Waals surface area contributed by atoms with Crippen molar-refractivity contribution in [2.45, 2.75) is 13.0 Å². The molecule has 0 radical (unpaired) electrons. The molecule has 3 rings (SSSR count). The van der Waals surface area contributed by atoms with E-state index in [1.54, 1.807) is 24.3 Å². The van der Waals surface area contributed by atoms with Crippen LogP contribution >= 0.6 is 0 Å². The monoisotopic (exact) mass is 270 g/mol. The molecule has 0 fully saturated rings. The molecule has 2 aromatic rings. The molecule has 2 aromatic carbocycles. The molecule has 0 atom stereocenters. The molecular formula is C16H15FN2O. The Hall–Kier alpha value is -2.20. The van der Waals surface area contributed by atoms with Gasteiger partial charge in [-0.15, -0.1) is 0 Å². The molecule has 0 saturated heterocycles. The molecule has 4 heteroatoms. The highest BCUT2D eigenvalue weighted by Crippen LogP contribution is 2.20. The van der Waals surface area contributed by atoms with Crippen LogP contribution in [0.15, 0.2) is 42.5 Å². The van der Waals surface area contributed by atoms with E-state index in [1.165, 1.54) is 11.6 Å². The lowest BCUT2D eigenvalue weighted by Crippen LogP contribution is -2.27. The van der Waals surface area contributed by atoms with Crippen LogP contribution in [0.25, 0.3) is 0 Å². The highest BCUT2D eigenvalue weighted by atomic mass is 19.1. The Kier molecular flexibility index (Phi) is 3.48. The molecule has 1 amide bonds. The average molecular weight is 270 g/mol. The van der Waals surface area contributed by atoms with Crippen LogP contribution in [-0.4, -0.2) is 12.5 Å². The molecule has 0 unspecified atom stereocenters. The fourth-order valence-corrected chi connectivity index (χ4v) is 2.48. The van der Waals surface area contributed by atoms with E-state index in [4.69, 9.17) is 0 Å². The van der Waals surface area contributed by atoms with Crippen LogP contribution in [0, 0.1) is 5.82 Å². The Balaban J connectivity index is 1.90. The third kappa shape index (κ3) is 2.42. The standard InChI is InChI=1S/C16H15FN2O/c17-14-6-1-2-7-15(14)19-16(20)12-5-3-4-11-8-9-18-10-13(11)12/h1-7,18H,8-10H2,(H,19,20). The fourth-order valence-electron chi connectivity index (χ4n) is 2.48.